The molecule has 0 aliphatic heterocycles. The molecule has 0 aliphatic carbocycles. The van der Waals surface area contributed by atoms with Crippen LogP contribution >= 0.6 is 0 Å². The predicted octanol–water partition coefficient (Wildman–Crippen LogP) is 3.97. The minimum atomic E-state index is -3.81. The van der Waals surface area contributed by atoms with Crippen LogP contribution < -0.4 is 10.1 Å². The molecule has 0 saturated carbocycles. The topological polar surface area (TPSA) is 111 Å². The number of anilines is 1. The number of aromatic nitrogens is 2. The number of rotatable bonds is 7. The van der Waals surface area contributed by atoms with Gasteiger partial charge in [0, 0.05) is 17.3 Å². The van der Waals surface area contributed by atoms with Gasteiger partial charge in [-0.3, -0.25) is 4.79 Å². The lowest BCUT2D eigenvalue weighted by molar-refractivity contribution is 0.102. The molecule has 32 heavy (non-hydrogen) atoms. The van der Waals surface area contributed by atoms with Gasteiger partial charge in [-0.25, -0.2) is 8.42 Å². The van der Waals surface area contributed by atoms with Crippen LogP contribution in [-0.4, -0.2) is 31.6 Å². The summed E-state index contributed by atoms with van der Waals surface area (Å²) in [6.07, 6.45) is 0. The molecule has 4 rings (SSSR count). The van der Waals surface area contributed by atoms with Gasteiger partial charge in [-0.1, -0.05) is 53.6 Å². The van der Waals surface area contributed by atoms with Crippen LogP contribution in [0, 0.1) is 0 Å². The molecule has 1 heterocycles. The van der Waals surface area contributed by atoms with E-state index in [0.29, 0.717) is 28.1 Å². The summed E-state index contributed by atoms with van der Waals surface area (Å²) in [7, 11) is -2.36. The highest BCUT2D eigenvalue weighted by Gasteiger charge is 2.24. The van der Waals surface area contributed by atoms with E-state index in [1.54, 1.807) is 72.8 Å². The first-order valence-corrected chi connectivity index (χ1v) is 11.3. The molecule has 8 nitrogen and oxygen atoms in total. The quantitative estimate of drug-likeness (QED) is 0.454. The molecule has 0 radical (unpaired) electrons. The van der Waals surface area contributed by atoms with Crippen LogP contribution in [0.3, 0.4) is 0 Å². The Morgan fingerprint density at radius 2 is 1.66 bits per heavy atom. The Labute approximate surface area is 184 Å². The number of nitrogens with zero attached hydrogens (tertiary/aromatic N) is 2. The van der Waals surface area contributed by atoms with E-state index in [4.69, 9.17) is 9.15 Å². The molecule has 0 atom stereocenters. The first-order chi connectivity index (χ1) is 15.5. The van der Waals surface area contributed by atoms with Gasteiger partial charge in [0.1, 0.15) is 5.75 Å². The summed E-state index contributed by atoms with van der Waals surface area (Å²) in [6.45, 7) is 0. The van der Waals surface area contributed by atoms with E-state index in [-0.39, 0.29) is 17.6 Å². The highest BCUT2D eigenvalue weighted by Crippen LogP contribution is 2.32. The smallest absolute Gasteiger partial charge is 0.336 e. The van der Waals surface area contributed by atoms with Gasteiger partial charge >= 0.3 is 5.22 Å². The number of sulfone groups is 1. The van der Waals surface area contributed by atoms with E-state index >= 15 is 0 Å². The molecule has 0 aliphatic rings. The molecule has 1 amide bonds. The number of nitrogens with one attached hydrogen (secondary N) is 1. The summed E-state index contributed by atoms with van der Waals surface area (Å²) in [5, 5.41) is 9.91. The molecule has 0 bridgehead atoms. The molecule has 0 fully saturated rings. The van der Waals surface area contributed by atoms with Gasteiger partial charge < -0.3 is 14.5 Å². The number of hydrogen-bond acceptors (Lipinski definition) is 7. The summed E-state index contributed by atoms with van der Waals surface area (Å²) >= 11 is 0. The predicted molar refractivity (Wildman–Crippen MR) is 118 cm³/mol. The molecule has 1 N–H and O–H groups in total. The highest BCUT2D eigenvalue weighted by atomic mass is 32.2. The Balaban J connectivity index is 1.56. The number of ether oxygens (including phenoxy) is 1. The van der Waals surface area contributed by atoms with E-state index in [2.05, 4.69) is 15.5 Å². The molecule has 4 aromatic rings. The van der Waals surface area contributed by atoms with E-state index in [1.807, 2.05) is 6.07 Å². The Hall–Kier alpha value is -3.98. The average Bonchev–Trinajstić information content (AvgIpc) is 3.31. The van der Waals surface area contributed by atoms with Crippen molar-refractivity contribution in [3.63, 3.8) is 0 Å². The molecular formula is C23H19N3O5S. The Morgan fingerprint density at radius 1 is 0.969 bits per heavy atom. The zero-order valence-corrected chi connectivity index (χ0v) is 17.9. The van der Waals surface area contributed by atoms with Gasteiger partial charge in [0.05, 0.1) is 18.4 Å². The lowest BCUT2D eigenvalue weighted by Crippen LogP contribution is -2.11. The Morgan fingerprint density at radius 3 is 2.34 bits per heavy atom. The number of amides is 1. The van der Waals surface area contributed by atoms with Crippen LogP contribution in [0.4, 0.5) is 5.69 Å². The third-order valence-corrected chi connectivity index (χ3v) is 6.01. The molecular weight excluding hydrogens is 430 g/mol. The highest BCUT2D eigenvalue weighted by molar-refractivity contribution is 7.90. The number of methoxy groups -OCH3 is 1. The fourth-order valence-electron chi connectivity index (χ4n) is 3.04. The maximum absolute atomic E-state index is 12.6. The van der Waals surface area contributed by atoms with Crippen molar-refractivity contribution in [2.45, 2.75) is 11.0 Å². The van der Waals surface area contributed by atoms with Gasteiger partial charge in [0.2, 0.25) is 9.84 Å². The summed E-state index contributed by atoms with van der Waals surface area (Å²) in [5.41, 5.74) is 2.03. The van der Waals surface area contributed by atoms with Crippen molar-refractivity contribution in [1.29, 1.82) is 0 Å². The van der Waals surface area contributed by atoms with Crippen LogP contribution in [0.15, 0.2) is 88.5 Å². The molecule has 1 aromatic heterocycles. The molecule has 0 spiro atoms. The number of carbonyl (C=O) groups excluding carboxylic acids is 1. The Kier molecular flexibility index (Phi) is 6.00. The van der Waals surface area contributed by atoms with Crippen molar-refractivity contribution in [2.75, 3.05) is 12.4 Å². The van der Waals surface area contributed by atoms with Gasteiger partial charge in [-0.2, -0.15) is 0 Å². The van der Waals surface area contributed by atoms with Crippen LogP contribution in [0.2, 0.25) is 0 Å². The van der Waals surface area contributed by atoms with E-state index in [0.717, 1.165) is 0 Å². The lowest BCUT2D eigenvalue weighted by Gasteiger charge is -2.09. The largest absolute Gasteiger partial charge is 0.496 e. The molecule has 0 saturated heterocycles. The van der Waals surface area contributed by atoms with Crippen molar-refractivity contribution in [3.8, 4) is 17.2 Å². The third-order valence-electron chi connectivity index (χ3n) is 4.60. The van der Waals surface area contributed by atoms with E-state index in [1.165, 1.54) is 7.11 Å². The monoisotopic (exact) mass is 449 g/mol. The second-order valence-corrected chi connectivity index (χ2v) is 8.72. The summed E-state index contributed by atoms with van der Waals surface area (Å²) in [6, 6.07) is 22.4. The zero-order chi connectivity index (χ0) is 22.6. The molecule has 9 heteroatoms. The number of benzene rings is 3. The Bertz CT molecular complexity index is 1340. The minimum absolute atomic E-state index is 0.00516. The fourth-order valence-corrected chi connectivity index (χ4v) is 4.16. The van der Waals surface area contributed by atoms with Crippen molar-refractivity contribution in [3.05, 3.63) is 90.0 Å². The van der Waals surface area contributed by atoms with Crippen molar-refractivity contribution in [1.82, 2.24) is 10.2 Å². The van der Waals surface area contributed by atoms with Gasteiger partial charge in [-0.15, -0.1) is 5.10 Å². The standard InChI is InChI=1S/C23H19N3O5S/c1-30-20-14-18(24-21(27)17-10-6-3-7-11-17)12-13-19(20)22-25-26-23(31-22)32(28,29)15-16-8-4-2-5-9-16/h2-14H,15H2,1H3,(H,24,27). The molecule has 0 unspecified atom stereocenters. The number of carbonyl (C=O) groups is 1. The minimum Gasteiger partial charge on any atom is -0.496 e. The first-order valence-electron chi connectivity index (χ1n) is 9.61. The molecule has 162 valence electrons. The van der Waals surface area contributed by atoms with Crippen LogP contribution in [0.5, 0.6) is 5.75 Å². The van der Waals surface area contributed by atoms with Gasteiger partial charge in [0.15, 0.2) is 0 Å². The van der Waals surface area contributed by atoms with Crippen molar-refractivity contribution < 1.29 is 22.4 Å². The molecule has 3 aromatic carbocycles. The summed E-state index contributed by atoms with van der Waals surface area (Å²) in [4.78, 5) is 12.4. The van der Waals surface area contributed by atoms with Crippen LogP contribution in [-0.2, 0) is 15.6 Å². The van der Waals surface area contributed by atoms with Crippen molar-refractivity contribution >= 4 is 21.4 Å². The third kappa shape index (κ3) is 4.68. The summed E-state index contributed by atoms with van der Waals surface area (Å²) in [5.74, 6) is -0.190. The normalized spacial score (nSPS) is 11.2. The second-order valence-electron chi connectivity index (χ2n) is 6.85. The SMILES string of the molecule is COc1cc(NC(=O)c2ccccc2)ccc1-c1nnc(S(=O)(=O)Cc2ccccc2)o1. The van der Waals surface area contributed by atoms with Gasteiger partial charge in [0.25, 0.3) is 11.8 Å². The zero-order valence-electron chi connectivity index (χ0n) is 17.1. The lowest BCUT2D eigenvalue weighted by atomic mass is 10.1. The number of hydrogen-bond donors (Lipinski definition) is 1. The average molecular weight is 449 g/mol. The van der Waals surface area contributed by atoms with Crippen molar-refractivity contribution in [2.24, 2.45) is 0 Å². The maximum Gasteiger partial charge on any atom is 0.336 e. The van der Waals surface area contributed by atoms with Crippen LogP contribution in [0.1, 0.15) is 15.9 Å². The van der Waals surface area contributed by atoms with Crippen LogP contribution in [0.25, 0.3) is 11.5 Å². The maximum atomic E-state index is 12.6. The second kappa shape index (κ2) is 9.03. The first kappa shape index (κ1) is 21.3. The van der Waals surface area contributed by atoms with E-state index < -0.39 is 15.1 Å². The summed E-state index contributed by atoms with van der Waals surface area (Å²) < 4.78 is 36.1. The fraction of sp³-hybridized carbons (Fsp3) is 0.0870. The van der Waals surface area contributed by atoms with E-state index in [9.17, 15) is 13.2 Å². The van der Waals surface area contributed by atoms with Gasteiger partial charge in [-0.05, 0) is 29.8 Å².